The molecule has 0 radical (unpaired) electrons. The highest BCUT2D eigenvalue weighted by Crippen LogP contribution is 2.26. The molecule has 2 heterocycles. The number of Topliss-reactive ketones (excluding diaryl/α,β-unsaturated/α-hetero) is 1. The molecule has 1 aromatic heterocycles. The third-order valence-electron chi connectivity index (χ3n) is 5.21. The van der Waals surface area contributed by atoms with Gasteiger partial charge in [0.05, 0.1) is 12.3 Å². The summed E-state index contributed by atoms with van der Waals surface area (Å²) in [4.78, 5) is 31.0. The molecule has 4 rings (SSSR count). The molecule has 11 heteroatoms. The minimum atomic E-state index is -1.77. The largest absolute Gasteiger partial charge is 0.378 e. The Morgan fingerprint density at radius 1 is 1.28 bits per heavy atom. The van der Waals surface area contributed by atoms with Crippen LogP contribution in [0, 0.1) is 5.82 Å². The lowest BCUT2D eigenvalue weighted by Crippen LogP contribution is -2.42. The van der Waals surface area contributed by atoms with Crippen LogP contribution in [0.1, 0.15) is 30.1 Å². The van der Waals surface area contributed by atoms with E-state index in [1.807, 2.05) is 0 Å². The number of nitrogens with zero attached hydrogens (tertiary/aromatic N) is 5. The van der Waals surface area contributed by atoms with Gasteiger partial charge in [-0.15, -0.1) is 5.10 Å². The van der Waals surface area contributed by atoms with Gasteiger partial charge in [-0.2, -0.15) is 0 Å². The molecule has 0 spiro atoms. The Morgan fingerprint density at radius 2 is 2.09 bits per heavy atom. The number of benzene rings is 2. The van der Waals surface area contributed by atoms with Gasteiger partial charge in [0.1, 0.15) is 18.2 Å². The molecule has 2 aromatic carbocycles. The van der Waals surface area contributed by atoms with Crippen LogP contribution < -0.4 is 0 Å². The van der Waals surface area contributed by atoms with E-state index in [-0.39, 0.29) is 30.8 Å². The van der Waals surface area contributed by atoms with Crippen LogP contribution in [0.15, 0.2) is 48.8 Å². The zero-order valence-corrected chi connectivity index (χ0v) is 17.5. The first-order valence-electron chi connectivity index (χ1n) is 9.88. The predicted molar refractivity (Wildman–Crippen MR) is 110 cm³/mol. The second-order valence-electron chi connectivity index (χ2n) is 7.22. The zero-order valence-electron chi connectivity index (χ0n) is 16.8. The average Bonchev–Trinajstić information content (AvgIpc) is 3.49. The van der Waals surface area contributed by atoms with E-state index in [0.717, 1.165) is 16.7 Å². The van der Waals surface area contributed by atoms with Crippen LogP contribution in [0.2, 0.25) is 5.02 Å². The minimum absolute atomic E-state index is 0.0864. The van der Waals surface area contributed by atoms with Crippen LogP contribution in [-0.4, -0.2) is 54.7 Å². The molecule has 1 amide bonds. The number of aliphatic hydroxyl groups excluding tert-OH is 1. The summed E-state index contributed by atoms with van der Waals surface area (Å²) in [5.41, 5.74) is 1.25. The number of ketones is 1. The fraction of sp³-hybridized carbons (Fsp3) is 0.286. The maximum atomic E-state index is 14.0. The second-order valence-corrected chi connectivity index (χ2v) is 7.66. The lowest BCUT2D eigenvalue weighted by molar-refractivity contribution is -0.187. The van der Waals surface area contributed by atoms with E-state index in [9.17, 15) is 19.1 Å². The Morgan fingerprint density at radius 3 is 2.84 bits per heavy atom. The van der Waals surface area contributed by atoms with Crippen molar-refractivity contribution in [3.63, 3.8) is 0 Å². The Bertz CT molecular complexity index is 1130. The minimum Gasteiger partial charge on any atom is -0.378 e. The molecular weight excluding hydrogens is 441 g/mol. The number of halogens is 2. The molecular formula is C21H19ClFN5O4. The molecule has 0 aliphatic carbocycles. The van der Waals surface area contributed by atoms with E-state index in [2.05, 4.69) is 15.5 Å². The van der Waals surface area contributed by atoms with Crippen LogP contribution in [0.5, 0.6) is 0 Å². The summed E-state index contributed by atoms with van der Waals surface area (Å²) in [5.74, 6) is -1.85. The van der Waals surface area contributed by atoms with E-state index in [0.29, 0.717) is 17.1 Å². The third kappa shape index (κ3) is 4.52. The van der Waals surface area contributed by atoms with Crippen molar-refractivity contribution in [2.45, 2.75) is 31.4 Å². The van der Waals surface area contributed by atoms with Gasteiger partial charge in [-0.3, -0.25) is 14.4 Å². The van der Waals surface area contributed by atoms with Gasteiger partial charge in [0, 0.05) is 23.4 Å². The van der Waals surface area contributed by atoms with Crippen LogP contribution >= 0.6 is 11.6 Å². The summed E-state index contributed by atoms with van der Waals surface area (Å²) in [5, 5.41) is 22.8. The standard InChI is InChI=1S/C21H19ClFN5O4/c22-14-6-7-17(27-12-24-25-26-27)13(11-14)5-8-19(29)18-9-10-32-28(18)21(31)20(30)15-3-1-2-4-16(15)23/h1-4,6-7,11-12,18,20,30H,5,8-10H2/t18-,20?/m0/s1. The number of rotatable bonds is 7. The van der Waals surface area contributed by atoms with Crippen LogP contribution in [0.25, 0.3) is 5.69 Å². The molecule has 166 valence electrons. The molecule has 1 unspecified atom stereocenters. The second kappa shape index (κ2) is 9.51. The number of tetrazole rings is 1. The normalized spacial score (nSPS) is 16.8. The van der Waals surface area contributed by atoms with Gasteiger partial charge in [-0.25, -0.2) is 14.1 Å². The molecule has 0 saturated carbocycles. The monoisotopic (exact) mass is 459 g/mol. The van der Waals surface area contributed by atoms with Gasteiger partial charge in [0.25, 0.3) is 5.91 Å². The zero-order chi connectivity index (χ0) is 22.7. The van der Waals surface area contributed by atoms with Crippen LogP contribution in [0.4, 0.5) is 4.39 Å². The quantitative estimate of drug-likeness (QED) is 0.576. The molecule has 0 bridgehead atoms. The molecule has 32 heavy (non-hydrogen) atoms. The number of aromatic nitrogens is 4. The molecule has 2 atom stereocenters. The SMILES string of the molecule is O=C(CCc1cc(Cl)ccc1-n1cnnn1)[C@@H]1CCON1C(=O)C(O)c1ccccc1F. The number of carbonyl (C=O) groups excluding carboxylic acids is 2. The van der Waals surface area contributed by atoms with Gasteiger partial charge < -0.3 is 5.11 Å². The Kier molecular flexibility index (Phi) is 6.54. The summed E-state index contributed by atoms with van der Waals surface area (Å²) in [6, 6.07) is 9.71. The number of hydrogen-bond donors (Lipinski definition) is 1. The van der Waals surface area contributed by atoms with E-state index in [1.54, 1.807) is 18.2 Å². The molecule has 1 fully saturated rings. The summed E-state index contributed by atoms with van der Waals surface area (Å²) in [7, 11) is 0. The number of hydrogen-bond acceptors (Lipinski definition) is 7. The highest BCUT2D eigenvalue weighted by molar-refractivity contribution is 6.30. The van der Waals surface area contributed by atoms with Crippen molar-refractivity contribution >= 4 is 23.3 Å². The van der Waals surface area contributed by atoms with Crippen LogP contribution in [0.3, 0.4) is 0 Å². The maximum absolute atomic E-state index is 14.0. The highest BCUT2D eigenvalue weighted by Gasteiger charge is 2.39. The lowest BCUT2D eigenvalue weighted by atomic mass is 10.00. The van der Waals surface area contributed by atoms with Crippen molar-refractivity contribution in [2.75, 3.05) is 6.61 Å². The lowest BCUT2D eigenvalue weighted by Gasteiger charge is -2.24. The number of aliphatic hydroxyl groups is 1. The molecule has 1 saturated heterocycles. The first kappa shape index (κ1) is 22.0. The number of aryl methyl sites for hydroxylation is 1. The Balaban J connectivity index is 1.46. The molecule has 1 aliphatic heterocycles. The topological polar surface area (TPSA) is 110 Å². The fourth-order valence-electron chi connectivity index (χ4n) is 3.60. The van der Waals surface area contributed by atoms with E-state index in [4.69, 9.17) is 16.4 Å². The number of hydroxylamine groups is 2. The smallest absolute Gasteiger partial charge is 0.280 e. The Labute approximate surface area is 187 Å². The molecule has 9 nitrogen and oxygen atoms in total. The highest BCUT2D eigenvalue weighted by atomic mass is 35.5. The van der Waals surface area contributed by atoms with Gasteiger partial charge >= 0.3 is 0 Å². The predicted octanol–water partition coefficient (Wildman–Crippen LogP) is 2.22. The molecule has 1 N–H and O–H groups in total. The summed E-state index contributed by atoms with van der Waals surface area (Å²) in [6.07, 6.45) is 0.351. The summed E-state index contributed by atoms with van der Waals surface area (Å²) < 4.78 is 15.4. The molecule has 3 aromatic rings. The van der Waals surface area contributed by atoms with Gasteiger partial charge in [0.2, 0.25) is 0 Å². The van der Waals surface area contributed by atoms with Gasteiger partial charge in [0.15, 0.2) is 11.9 Å². The van der Waals surface area contributed by atoms with Crippen LogP contribution in [-0.2, 0) is 20.8 Å². The summed E-state index contributed by atoms with van der Waals surface area (Å²) >= 11 is 6.11. The van der Waals surface area contributed by atoms with Crippen molar-refractivity contribution in [2.24, 2.45) is 0 Å². The fourth-order valence-corrected chi connectivity index (χ4v) is 3.80. The molecule has 1 aliphatic rings. The van der Waals surface area contributed by atoms with E-state index in [1.165, 1.54) is 29.2 Å². The third-order valence-corrected chi connectivity index (χ3v) is 5.44. The van der Waals surface area contributed by atoms with E-state index >= 15 is 0 Å². The van der Waals surface area contributed by atoms with Gasteiger partial charge in [-0.05, 0) is 46.7 Å². The van der Waals surface area contributed by atoms with Crippen molar-refractivity contribution in [1.82, 2.24) is 25.3 Å². The first-order valence-corrected chi connectivity index (χ1v) is 10.3. The first-order chi connectivity index (χ1) is 15.5. The van der Waals surface area contributed by atoms with Crippen molar-refractivity contribution in [3.8, 4) is 5.69 Å². The average molecular weight is 460 g/mol. The van der Waals surface area contributed by atoms with Gasteiger partial charge in [-0.1, -0.05) is 29.8 Å². The van der Waals surface area contributed by atoms with E-state index < -0.39 is 23.9 Å². The summed E-state index contributed by atoms with van der Waals surface area (Å²) in [6.45, 7) is 0.138. The van der Waals surface area contributed by atoms with Crippen molar-refractivity contribution < 1.29 is 23.9 Å². The van der Waals surface area contributed by atoms with Crippen molar-refractivity contribution in [1.29, 1.82) is 0 Å². The van der Waals surface area contributed by atoms with Crippen molar-refractivity contribution in [3.05, 3.63) is 70.8 Å². The Hall–Kier alpha value is -3.21. The number of amides is 1. The maximum Gasteiger partial charge on any atom is 0.280 e. The number of carbonyl (C=O) groups is 2.